The van der Waals surface area contributed by atoms with Gasteiger partial charge in [-0.3, -0.25) is 13.9 Å². The number of halogens is 2. The van der Waals surface area contributed by atoms with Crippen LogP contribution in [0.1, 0.15) is 44.5 Å². The highest BCUT2D eigenvalue weighted by atomic mass is 35.5. The Morgan fingerprint density at radius 3 is 2.33 bits per heavy atom. The zero-order valence-electron chi connectivity index (χ0n) is 21.8. The van der Waals surface area contributed by atoms with Crippen LogP contribution >= 0.6 is 23.2 Å². The Kier molecular flexibility index (Phi) is 8.07. The molecule has 4 aromatic rings. The third kappa shape index (κ3) is 6.43. The van der Waals surface area contributed by atoms with E-state index >= 15 is 0 Å². The summed E-state index contributed by atoms with van der Waals surface area (Å²) < 4.78 is 35.8. The number of carbonyl (C=O) groups is 2. The number of ketones is 1. The highest BCUT2D eigenvalue weighted by molar-refractivity contribution is 7.92. The zero-order valence-corrected chi connectivity index (χ0v) is 24.1. The molecule has 0 bridgehead atoms. The number of Topliss-reactive ketones (excluding diaryl/α,β-unsaturated/α-hetero) is 1. The van der Waals surface area contributed by atoms with Crippen molar-refractivity contribution in [3.05, 3.63) is 82.6 Å². The monoisotopic (exact) mass is 587 g/mol. The van der Waals surface area contributed by atoms with Crippen LogP contribution in [-0.2, 0) is 19.6 Å². The van der Waals surface area contributed by atoms with Crippen LogP contribution in [0.5, 0.6) is 0 Å². The first kappa shape index (κ1) is 28.6. The molecule has 0 aliphatic carbocycles. The van der Waals surface area contributed by atoms with Gasteiger partial charge in [0.2, 0.25) is 0 Å². The highest BCUT2D eigenvalue weighted by Gasteiger charge is 2.30. The Labute approximate surface area is 237 Å². The molecule has 0 saturated heterocycles. The summed E-state index contributed by atoms with van der Waals surface area (Å²) in [5.41, 5.74) is 0.710. The summed E-state index contributed by atoms with van der Waals surface area (Å²) in [6, 6.07) is 14.1. The number of hydrogen-bond acceptors (Lipinski definition) is 6. The van der Waals surface area contributed by atoms with E-state index in [-0.39, 0.29) is 26.4 Å². The SMILES string of the molecule is CCC(=O)c1ccnc(-n2ccc3cc(N(CC(=O)OC(C)(C)C)S(=O)(=O)c4cc(Cl)cc(Cl)c4)ccc32)c1. The molecule has 0 N–H and O–H groups in total. The third-order valence-corrected chi connectivity index (χ3v) is 7.90. The Morgan fingerprint density at radius 1 is 1.00 bits per heavy atom. The largest absolute Gasteiger partial charge is 0.459 e. The van der Waals surface area contributed by atoms with Gasteiger partial charge in [-0.05, 0) is 75.4 Å². The maximum atomic E-state index is 13.8. The van der Waals surface area contributed by atoms with Crippen molar-refractivity contribution < 1.29 is 22.7 Å². The molecule has 204 valence electrons. The molecule has 39 heavy (non-hydrogen) atoms. The lowest BCUT2D eigenvalue weighted by Gasteiger charge is -2.26. The number of fused-ring (bicyclic) bond motifs is 1. The lowest BCUT2D eigenvalue weighted by Crippen LogP contribution is -2.39. The van der Waals surface area contributed by atoms with Crippen molar-refractivity contribution in [1.29, 1.82) is 0 Å². The third-order valence-electron chi connectivity index (χ3n) is 5.71. The quantitative estimate of drug-likeness (QED) is 0.173. The highest BCUT2D eigenvalue weighted by Crippen LogP contribution is 2.31. The number of rotatable bonds is 8. The summed E-state index contributed by atoms with van der Waals surface area (Å²) in [5, 5.41) is 0.972. The van der Waals surface area contributed by atoms with E-state index in [2.05, 4.69) is 4.98 Å². The van der Waals surface area contributed by atoms with Crippen molar-refractivity contribution in [1.82, 2.24) is 9.55 Å². The van der Waals surface area contributed by atoms with Gasteiger partial charge >= 0.3 is 5.97 Å². The van der Waals surface area contributed by atoms with Crippen molar-refractivity contribution in [3.8, 4) is 5.82 Å². The zero-order chi connectivity index (χ0) is 28.5. The molecule has 0 radical (unpaired) electrons. The van der Waals surface area contributed by atoms with Gasteiger partial charge in [0.25, 0.3) is 10.0 Å². The van der Waals surface area contributed by atoms with E-state index in [9.17, 15) is 18.0 Å². The number of esters is 1. The Morgan fingerprint density at radius 2 is 1.69 bits per heavy atom. The molecule has 0 aliphatic rings. The maximum Gasteiger partial charge on any atom is 0.327 e. The molecular weight excluding hydrogens is 561 g/mol. The second kappa shape index (κ2) is 11.0. The average molecular weight is 589 g/mol. The van der Waals surface area contributed by atoms with Gasteiger partial charge in [0, 0.05) is 39.8 Å². The molecule has 11 heteroatoms. The predicted molar refractivity (Wildman–Crippen MR) is 153 cm³/mol. The number of hydrogen-bond donors (Lipinski definition) is 0. The minimum atomic E-state index is -4.27. The van der Waals surface area contributed by atoms with Crippen LogP contribution in [0.3, 0.4) is 0 Å². The average Bonchev–Trinajstić information content (AvgIpc) is 3.28. The van der Waals surface area contributed by atoms with Crippen LogP contribution < -0.4 is 4.31 Å². The minimum absolute atomic E-state index is 0.00140. The van der Waals surface area contributed by atoms with Crippen molar-refractivity contribution in [3.63, 3.8) is 0 Å². The number of anilines is 1. The second-order valence-corrected chi connectivity index (χ2v) is 12.5. The van der Waals surface area contributed by atoms with E-state index in [0.29, 0.717) is 23.2 Å². The van der Waals surface area contributed by atoms with Crippen LogP contribution in [0.25, 0.3) is 16.7 Å². The Bertz CT molecular complexity index is 1660. The molecular formula is C28H27Cl2N3O5S. The minimum Gasteiger partial charge on any atom is -0.459 e. The van der Waals surface area contributed by atoms with Gasteiger partial charge < -0.3 is 9.30 Å². The summed E-state index contributed by atoms with van der Waals surface area (Å²) >= 11 is 12.2. The molecule has 0 spiro atoms. The topological polar surface area (TPSA) is 98.6 Å². The number of sulfonamides is 1. The van der Waals surface area contributed by atoms with E-state index in [4.69, 9.17) is 27.9 Å². The molecule has 0 fully saturated rings. The summed E-state index contributed by atoms with van der Waals surface area (Å²) in [7, 11) is -4.27. The van der Waals surface area contributed by atoms with Crippen molar-refractivity contribution in [2.75, 3.05) is 10.8 Å². The lowest BCUT2D eigenvalue weighted by molar-refractivity contribution is -0.152. The van der Waals surface area contributed by atoms with E-state index < -0.39 is 28.1 Å². The molecule has 2 heterocycles. The first-order chi connectivity index (χ1) is 18.3. The molecule has 0 aliphatic heterocycles. The van der Waals surface area contributed by atoms with Gasteiger partial charge in [-0.25, -0.2) is 13.4 Å². The van der Waals surface area contributed by atoms with Crippen LogP contribution in [0.15, 0.2) is 71.9 Å². The molecule has 8 nitrogen and oxygen atoms in total. The summed E-state index contributed by atoms with van der Waals surface area (Å²) in [6.45, 7) is 6.33. The normalized spacial score (nSPS) is 11.9. The fourth-order valence-corrected chi connectivity index (χ4v) is 6.15. The first-order valence-electron chi connectivity index (χ1n) is 12.1. The van der Waals surface area contributed by atoms with E-state index in [1.165, 1.54) is 18.2 Å². The molecule has 4 rings (SSSR count). The Hall–Kier alpha value is -3.40. The van der Waals surface area contributed by atoms with E-state index in [1.807, 2.05) is 0 Å². The number of aromatic nitrogens is 2. The number of benzene rings is 2. The molecule has 2 aromatic heterocycles. The van der Waals surface area contributed by atoms with E-state index in [1.54, 1.807) is 81.1 Å². The molecule has 0 atom stereocenters. The van der Waals surface area contributed by atoms with Crippen LogP contribution in [0.2, 0.25) is 10.0 Å². The summed E-state index contributed by atoms with van der Waals surface area (Å²) in [4.78, 5) is 29.2. The van der Waals surface area contributed by atoms with Gasteiger partial charge in [-0.15, -0.1) is 0 Å². The van der Waals surface area contributed by atoms with Gasteiger partial charge in [0.1, 0.15) is 18.0 Å². The molecule has 0 amide bonds. The standard InChI is InChI=1S/C28H27Cl2N3O5S/c1-5-25(34)19-8-10-31-26(13-19)32-11-9-18-12-22(6-7-24(18)32)33(17-27(35)38-28(2,3)4)39(36,37)23-15-20(29)14-21(30)16-23/h6-16H,5,17H2,1-4H3. The number of carbonyl (C=O) groups excluding carboxylic acids is 2. The smallest absolute Gasteiger partial charge is 0.327 e. The van der Waals surface area contributed by atoms with Crippen molar-refractivity contribution in [2.45, 2.75) is 44.6 Å². The summed E-state index contributed by atoms with van der Waals surface area (Å²) in [5.74, 6) is -0.177. The molecule has 0 unspecified atom stereocenters. The van der Waals surface area contributed by atoms with Crippen molar-refractivity contribution >= 4 is 61.6 Å². The fourth-order valence-electron chi connectivity index (χ4n) is 4.02. The number of nitrogens with zero attached hydrogens (tertiary/aromatic N) is 3. The fraction of sp³-hybridized carbons (Fsp3) is 0.250. The molecule has 2 aromatic carbocycles. The van der Waals surface area contributed by atoms with Gasteiger partial charge in [-0.1, -0.05) is 30.1 Å². The summed E-state index contributed by atoms with van der Waals surface area (Å²) in [6.07, 6.45) is 3.73. The second-order valence-electron chi connectivity index (χ2n) is 9.81. The van der Waals surface area contributed by atoms with Crippen molar-refractivity contribution in [2.24, 2.45) is 0 Å². The van der Waals surface area contributed by atoms with Crippen LogP contribution in [-0.4, -0.2) is 41.9 Å². The van der Waals surface area contributed by atoms with Gasteiger partial charge in [0.15, 0.2) is 5.78 Å². The first-order valence-corrected chi connectivity index (χ1v) is 14.3. The van der Waals surface area contributed by atoms with Gasteiger partial charge in [0.05, 0.1) is 16.1 Å². The number of ether oxygens (including phenoxy) is 1. The number of pyridine rings is 1. The maximum absolute atomic E-state index is 13.8. The van der Waals surface area contributed by atoms with Crippen LogP contribution in [0.4, 0.5) is 5.69 Å². The van der Waals surface area contributed by atoms with Gasteiger partial charge in [-0.2, -0.15) is 0 Å². The predicted octanol–water partition coefficient (Wildman–Crippen LogP) is 6.46. The van der Waals surface area contributed by atoms with Crippen LogP contribution in [0, 0.1) is 0 Å². The van der Waals surface area contributed by atoms with E-state index in [0.717, 1.165) is 9.82 Å². The lowest BCUT2D eigenvalue weighted by atomic mass is 10.1. The molecule has 0 saturated carbocycles. The Balaban J connectivity index is 1.80.